The topological polar surface area (TPSA) is 60.7 Å². The minimum Gasteiger partial charge on any atom is -0.394 e. The maximum absolute atomic E-state index is 9.04. The second-order valence-corrected chi connectivity index (χ2v) is 2.46. The highest BCUT2D eigenvalue weighted by Gasteiger charge is 2.13. The Balaban J connectivity index is 3.31. The van der Waals surface area contributed by atoms with Gasteiger partial charge >= 0.3 is 0 Å². The molecule has 0 unspecified atom stereocenters. The summed E-state index contributed by atoms with van der Waals surface area (Å²) in [5, 5.41) is 26.3. The lowest BCUT2D eigenvalue weighted by atomic mass is 10.1. The van der Waals surface area contributed by atoms with Crippen molar-refractivity contribution in [2.75, 3.05) is 6.61 Å². The maximum atomic E-state index is 9.04. The van der Waals surface area contributed by atoms with Crippen molar-refractivity contribution in [2.45, 2.75) is 38.4 Å². The molecule has 0 aliphatic rings. The first-order valence-corrected chi connectivity index (χ1v) is 3.69. The van der Waals surface area contributed by atoms with Gasteiger partial charge in [0.05, 0.1) is 12.7 Å². The van der Waals surface area contributed by atoms with Gasteiger partial charge < -0.3 is 15.3 Å². The normalized spacial score (nSPS) is 16.8. The molecule has 0 saturated heterocycles. The first-order chi connectivity index (χ1) is 4.72. The summed E-state index contributed by atoms with van der Waals surface area (Å²) in [5.74, 6) is 0. The summed E-state index contributed by atoms with van der Waals surface area (Å²) in [4.78, 5) is 0. The zero-order chi connectivity index (χ0) is 7.98. The molecule has 0 aromatic heterocycles. The van der Waals surface area contributed by atoms with Gasteiger partial charge in [0.25, 0.3) is 0 Å². The number of hydrogen-bond acceptors (Lipinski definition) is 3. The summed E-state index contributed by atoms with van der Waals surface area (Å²) >= 11 is 0. The van der Waals surface area contributed by atoms with Crippen LogP contribution in [0.1, 0.15) is 26.2 Å². The molecule has 0 rings (SSSR count). The minimum atomic E-state index is -0.966. The molecule has 2 atom stereocenters. The molecule has 3 N–H and O–H groups in total. The fraction of sp³-hybridized carbons (Fsp3) is 1.00. The van der Waals surface area contributed by atoms with Crippen molar-refractivity contribution >= 4 is 0 Å². The van der Waals surface area contributed by atoms with Crippen LogP contribution in [-0.4, -0.2) is 34.1 Å². The van der Waals surface area contributed by atoms with Crippen LogP contribution >= 0.6 is 0 Å². The highest BCUT2D eigenvalue weighted by Crippen LogP contribution is 2.03. The van der Waals surface area contributed by atoms with E-state index in [1.54, 1.807) is 0 Å². The third kappa shape index (κ3) is 3.82. The number of rotatable bonds is 5. The van der Waals surface area contributed by atoms with Gasteiger partial charge in [-0.05, 0) is 6.42 Å². The van der Waals surface area contributed by atoms with Crippen molar-refractivity contribution in [2.24, 2.45) is 0 Å². The fourth-order valence-corrected chi connectivity index (χ4v) is 0.727. The molecule has 3 heteroatoms. The van der Waals surface area contributed by atoms with E-state index in [4.69, 9.17) is 15.3 Å². The predicted octanol–water partition coefficient (Wildman–Crippen LogP) is -0.109. The third-order valence-electron chi connectivity index (χ3n) is 1.48. The van der Waals surface area contributed by atoms with E-state index in [0.717, 1.165) is 12.8 Å². The molecule has 0 fully saturated rings. The molecule has 0 aliphatic heterocycles. The summed E-state index contributed by atoms with van der Waals surface area (Å²) in [5.41, 5.74) is 0. The second kappa shape index (κ2) is 5.65. The lowest BCUT2D eigenvalue weighted by Crippen LogP contribution is -2.28. The molecule has 62 valence electrons. The van der Waals surface area contributed by atoms with Crippen molar-refractivity contribution in [3.63, 3.8) is 0 Å². The van der Waals surface area contributed by atoms with Crippen LogP contribution < -0.4 is 0 Å². The quantitative estimate of drug-likeness (QED) is 0.510. The summed E-state index contributed by atoms with van der Waals surface area (Å²) < 4.78 is 0. The largest absolute Gasteiger partial charge is 0.394 e. The SMILES string of the molecule is CCCC[C@@H](O)[C@@H](O)CO. The van der Waals surface area contributed by atoms with Gasteiger partial charge in [-0.25, -0.2) is 0 Å². The lowest BCUT2D eigenvalue weighted by molar-refractivity contribution is -0.0183. The summed E-state index contributed by atoms with van der Waals surface area (Å²) in [6, 6.07) is 0. The van der Waals surface area contributed by atoms with Crippen LogP contribution in [-0.2, 0) is 0 Å². The van der Waals surface area contributed by atoms with E-state index < -0.39 is 12.2 Å². The van der Waals surface area contributed by atoms with E-state index in [2.05, 4.69) is 0 Å². The average molecular weight is 148 g/mol. The van der Waals surface area contributed by atoms with Crippen LogP contribution in [0.5, 0.6) is 0 Å². The molecule has 0 spiro atoms. The Morgan fingerprint density at radius 2 is 1.80 bits per heavy atom. The van der Waals surface area contributed by atoms with Crippen LogP contribution in [0.3, 0.4) is 0 Å². The van der Waals surface area contributed by atoms with Crippen LogP contribution in [0.2, 0.25) is 0 Å². The smallest absolute Gasteiger partial charge is 0.103 e. The molecule has 0 aromatic carbocycles. The van der Waals surface area contributed by atoms with E-state index in [9.17, 15) is 0 Å². The van der Waals surface area contributed by atoms with Crippen molar-refractivity contribution in [1.82, 2.24) is 0 Å². The molecular weight excluding hydrogens is 132 g/mol. The van der Waals surface area contributed by atoms with E-state index >= 15 is 0 Å². The highest BCUT2D eigenvalue weighted by molar-refractivity contribution is 4.64. The van der Waals surface area contributed by atoms with Gasteiger partial charge in [-0.2, -0.15) is 0 Å². The molecule has 10 heavy (non-hydrogen) atoms. The van der Waals surface area contributed by atoms with Crippen molar-refractivity contribution in [3.05, 3.63) is 0 Å². The minimum absolute atomic E-state index is 0.356. The van der Waals surface area contributed by atoms with Crippen LogP contribution in [0.15, 0.2) is 0 Å². The van der Waals surface area contributed by atoms with E-state index in [0.29, 0.717) is 6.42 Å². The predicted molar refractivity (Wildman–Crippen MR) is 38.6 cm³/mol. The summed E-state index contributed by atoms with van der Waals surface area (Å²) in [6.45, 7) is 1.66. The van der Waals surface area contributed by atoms with Crippen molar-refractivity contribution in [3.8, 4) is 0 Å². The Kier molecular flexibility index (Phi) is 5.58. The van der Waals surface area contributed by atoms with Crippen LogP contribution in [0.25, 0.3) is 0 Å². The second-order valence-electron chi connectivity index (χ2n) is 2.46. The number of aliphatic hydroxyl groups is 3. The summed E-state index contributed by atoms with van der Waals surface area (Å²) in [6.07, 6.45) is 0.725. The average Bonchev–Trinajstić information content (AvgIpc) is 1.98. The van der Waals surface area contributed by atoms with E-state index in [-0.39, 0.29) is 6.61 Å². The molecule has 0 heterocycles. The molecule has 3 nitrogen and oxygen atoms in total. The molecule has 0 radical (unpaired) electrons. The standard InChI is InChI=1S/C7H16O3/c1-2-3-4-6(9)7(10)5-8/h6-10H,2-5H2,1H3/t6-,7+/m1/s1. The van der Waals surface area contributed by atoms with Crippen LogP contribution in [0, 0.1) is 0 Å². The first kappa shape index (κ1) is 9.88. The number of unbranched alkanes of at least 4 members (excludes halogenated alkanes) is 1. The Morgan fingerprint density at radius 1 is 1.20 bits per heavy atom. The van der Waals surface area contributed by atoms with Gasteiger partial charge in [0.1, 0.15) is 6.10 Å². The Morgan fingerprint density at radius 3 is 2.20 bits per heavy atom. The fourth-order valence-electron chi connectivity index (χ4n) is 0.727. The zero-order valence-electron chi connectivity index (χ0n) is 6.32. The van der Waals surface area contributed by atoms with Crippen LogP contribution in [0.4, 0.5) is 0 Å². The molecular formula is C7H16O3. The molecule has 0 saturated carbocycles. The van der Waals surface area contributed by atoms with Crippen molar-refractivity contribution < 1.29 is 15.3 Å². The lowest BCUT2D eigenvalue weighted by Gasteiger charge is -2.14. The van der Waals surface area contributed by atoms with E-state index in [1.165, 1.54) is 0 Å². The maximum Gasteiger partial charge on any atom is 0.103 e. The van der Waals surface area contributed by atoms with Gasteiger partial charge in [0.15, 0.2) is 0 Å². The van der Waals surface area contributed by atoms with Crippen molar-refractivity contribution in [1.29, 1.82) is 0 Å². The van der Waals surface area contributed by atoms with E-state index in [1.807, 2.05) is 6.92 Å². The number of hydrogen-bond donors (Lipinski definition) is 3. The van der Waals surface area contributed by atoms with Gasteiger partial charge in [-0.15, -0.1) is 0 Å². The zero-order valence-corrected chi connectivity index (χ0v) is 6.32. The van der Waals surface area contributed by atoms with Gasteiger partial charge in [0.2, 0.25) is 0 Å². The monoisotopic (exact) mass is 148 g/mol. The molecule has 0 aliphatic carbocycles. The Bertz CT molecular complexity index is 75.3. The molecule has 0 amide bonds. The third-order valence-corrected chi connectivity index (χ3v) is 1.48. The summed E-state index contributed by atoms with van der Waals surface area (Å²) in [7, 11) is 0. The van der Waals surface area contributed by atoms with Gasteiger partial charge in [-0.3, -0.25) is 0 Å². The Labute approximate surface area is 61.3 Å². The Hall–Kier alpha value is -0.120. The molecule has 0 aromatic rings. The number of aliphatic hydroxyl groups excluding tert-OH is 3. The molecule has 0 bridgehead atoms. The van der Waals surface area contributed by atoms with Gasteiger partial charge in [-0.1, -0.05) is 19.8 Å². The van der Waals surface area contributed by atoms with Gasteiger partial charge in [0, 0.05) is 0 Å². The highest BCUT2D eigenvalue weighted by atomic mass is 16.4. The first-order valence-electron chi connectivity index (χ1n) is 3.69.